The number of rotatable bonds is 7. The van der Waals surface area contributed by atoms with Crippen LogP contribution in [0.25, 0.3) is 0 Å². The highest BCUT2D eigenvalue weighted by Crippen LogP contribution is 2.26. The van der Waals surface area contributed by atoms with Crippen LogP contribution >= 0.6 is 0 Å². The fraction of sp³-hybridized carbons (Fsp3) is 0.526. The summed E-state index contributed by atoms with van der Waals surface area (Å²) in [5.74, 6) is 0.917. The van der Waals surface area contributed by atoms with Crippen LogP contribution in [-0.2, 0) is 17.6 Å². The molecule has 0 aliphatic heterocycles. The highest BCUT2D eigenvalue weighted by Gasteiger charge is 2.28. The predicted octanol–water partition coefficient (Wildman–Crippen LogP) is 2.97. The lowest BCUT2D eigenvalue weighted by atomic mass is 9.88. The van der Waals surface area contributed by atoms with E-state index in [0.29, 0.717) is 6.42 Å². The minimum atomic E-state index is -0.0278. The van der Waals surface area contributed by atoms with Gasteiger partial charge in [0.15, 0.2) is 0 Å². The van der Waals surface area contributed by atoms with Crippen LogP contribution in [0.3, 0.4) is 0 Å². The van der Waals surface area contributed by atoms with E-state index in [2.05, 4.69) is 27.7 Å². The maximum Gasteiger partial charge on any atom is 0.223 e. The highest BCUT2D eigenvalue weighted by molar-refractivity contribution is 5.79. The summed E-state index contributed by atoms with van der Waals surface area (Å²) in [5.41, 5.74) is 3.06. The first kappa shape index (κ1) is 17.5. The number of carbonyl (C=O) groups excluding carboxylic acids is 1. The van der Waals surface area contributed by atoms with Crippen molar-refractivity contribution in [1.82, 2.24) is 20.7 Å². The summed E-state index contributed by atoms with van der Waals surface area (Å²) < 4.78 is 5.23. The Labute approximate surface area is 148 Å². The van der Waals surface area contributed by atoms with Gasteiger partial charge in [0.1, 0.15) is 5.75 Å². The van der Waals surface area contributed by atoms with E-state index in [1.54, 1.807) is 7.11 Å². The van der Waals surface area contributed by atoms with Crippen molar-refractivity contribution in [3.8, 4) is 5.75 Å². The van der Waals surface area contributed by atoms with Gasteiger partial charge >= 0.3 is 0 Å². The monoisotopic (exact) mass is 342 g/mol. The van der Waals surface area contributed by atoms with E-state index >= 15 is 0 Å². The zero-order valence-corrected chi connectivity index (χ0v) is 14.9. The van der Waals surface area contributed by atoms with Gasteiger partial charge in [0.25, 0.3) is 0 Å². The Balaban J connectivity index is 1.68. The summed E-state index contributed by atoms with van der Waals surface area (Å²) in [4.78, 5) is 12.8. The number of hydrogen-bond acceptors (Lipinski definition) is 4. The number of ether oxygens (including phenoxy) is 1. The molecule has 3 rings (SSSR count). The number of H-pyrrole nitrogens is 1. The van der Waals surface area contributed by atoms with Crippen molar-refractivity contribution < 1.29 is 9.53 Å². The molecule has 0 radical (unpaired) electrons. The van der Waals surface area contributed by atoms with Crippen LogP contribution in [0.15, 0.2) is 24.3 Å². The minimum Gasteiger partial charge on any atom is -0.497 e. The average Bonchev–Trinajstić information content (AvgIpc) is 3.12. The van der Waals surface area contributed by atoms with Crippen molar-refractivity contribution in [2.45, 2.75) is 51.5 Å². The van der Waals surface area contributed by atoms with Crippen LogP contribution in [0.5, 0.6) is 5.75 Å². The molecule has 134 valence electrons. The van der Waals surface area contributed by atoms with Crippen molar-refractivity contribution in [3.05, 3.63) is 41.2 Å². The van der Waals surface area contributed by atoms with Crippen LogP contribution in [-0.4, -0.2) is 28.4 Å². The average molecular weight is 342 g/mol. The van der Waals surface area contributed by atoms with Crippen LogP contribution in [0.2, 0.25) is 0 Å². The van der Waals surface area contributed by atoms with Crippen molar-refractivity contribution in [2.75, 3.05) is 7.11 Å². The first-order valence-electron chi connectivity index (χ1n) is 9.04. The molecule has 1 amide bonds. The number of amides is 1. The molecule has 2 atom stereocenters. The number of aromatic amines is 1. The Morgan fingerprint density at radius 2 is 2.08 bits per heavy atom. The topological polar surface area (TPSA) is 79.9 Å². The SMILES string of the molecule is CCCC[C@H](NC(=O)[C@@H]1CCc2n[nH]nc2C1)c1ccc(OC)cc1. The fourth-order valence-corrected chi connectivity index (χ4v) is 3.36. The van der Waals surface area contributed by atoms with Crippen molar-refractivity contribution >= 4 is 5.91 Å². The first-order valence-corrected chi connectivity index (χ1v) is 9.04. The van der Waals surface area contributed by atoms with E-state index in [0.717, 1.165) is 54.8 Å². The van der Waals surface area contributed by atoms with Crippen LogP contribution in [0, 0.1) is 5.92 Å². The van der Waals surface area contributed by atoms with Gasteiger partial charge in [0.05, 0.1) is 24.5 Å². The van der Waals surface area contributed by atoms with Crippen molar-refractivity contribution in [3.63, 3.8) is 0 Å². The number of fused-ring (bicyclic) bond motifs is 1. The van der Waals surface area contributed by atoms with E-state index in [9.17, 15) is 4.79 Å². The molecule has 1 aliphatic carbocycles. The number of unbranched alkanes of at least 4 members (excludes halogenated alkanes) is 1. The molecule has 25 heavy (non-hydrogen) atoms. The molecule has 0 saturated heterocycles. The molecule has 2 N–H and O–H groups in total. The van der Waals surface area contributed by atoms with E-state index in [1.165, 1.54) is 0 Å². The summed E-state index contributed by atoms with van der Waals surface area (Å²) in [5, 5.41) is 14.2. The standard InChI is InChI=1S/C19H26N4O2/c1-3-4-5-16(13-6-9-15(25-2)10-7-13)20-19(24)14-8-11-17-18(12-14)22-23-21-17/h6-7,9-10,14,16H,3-5,8,11-12H2,1-2H3,(H,20,24)(H,21,22,23)/t14-,16+/m1/s1. The Morgan fingerprint density at radius 1 is 1.32 bits per heavy atom. The Bertz CT molecular complexity index is 696. The number of nitrogens with zero attached hydrogens (tertiary/aromatic N) is 2. The number of benzene rings is 1. The molecule has 1 aliphatic rings. The second-order valence-corrected chi connectivity index (χ2v) is 6.63. The van der Waals surface area contributed by atoms with Gasteiger partial charge in [-0.25, -0.2) is 0 Å². The summed E-state index contributed by atoms with van der Waals surface area (Å²) in [6.45, 7) is 2.17. The molecule has 6 heteroatoms. The lowest BCUT2D eigenvalue weighted by Gasteiger charge is -2.25. The molecule has 0 spiro atoms. The van der Waals surface area contributed by atoms with Gasteiger partial charge in [0, 0.05) is 12.3 Å². The third-order valence-electron chi connectivity index (χ3n) is 4.92. The van der Waals surface area contributed by atoms with Gasteiger partial charge in [-0.3, -0.25) is 4.79 Å². The molecule has 6 nitrogen and oxygen atoms in total. The van der Waals surface area contributed by atoms with Crippen LogP contribution in [0.4, 0.5) is 0 Å². The number of nitrogens with one attached hydrogen (secondary N) is 2. The van der Waals surface area contributed by atoms with Crippen molar-refractivity contribution in [2.24, 2.45) is 5.92 Å². The second-order valence-electron chi connectivity index (χ2n) is 6.63. The summed E-state index contributed by atoms with van der Waals surface area (Å²) in [6.07, 6.45) is 5.43. The van der Waals surface area contributed by atoms with Gasteiger partial charge < -0.3 is 10.1 Å². The first-order chi connectivity index (χ1) is 12.2. The number of carbonyl (C=O) groups is 1. The predicted molar refractivity (Wildman–Crippen MR) is 95.3 cm³/mol. The lowest BCUT2D eigenvalue weighted by Crippen LogP contribution is -2.36. The molecule has 1 heterocycles. The molecular weight excluding hydrogens is 316 g/mol. The van der Waals surface area contributed by atoms with Crippen LogP contribution < -0.4 is 10.1 Å². The van der Waals surface area contributed by atoms with Gasteiger partial charge in [-0.05, 0) is 37.0 Å². The van der Waals surface area contributed by atoms with E-state index in [-0.39, 0.29) is 17.9 Å². The molecule has 0 unspecified atom stereocenters. The van der Waals surface area contributed by atoms with Gasteiger partial charge in [-0.15, -0.1) is 0 Å². The summed E-state index contributed by atoms with van der Waals surface area (Å²) in [7, 11) is 1.66. The van der Waals surface area contributed by atoms with E-state index in [1.807, 2.05) is 24.3 Å². The maximum absolute atomic E-state index is 12.8. The second kappa shape index (κ2) is 8.14. The molecule has 1 aromatic carbocycles. The summed E-state index contributed by atoms with van der Waals surface area (Å²) in [6, 6.07) is 8.01. The summed E-state index contributed by atoms with van der Waals surface area (Å²) >= 11 is 0. The molecule has 2 aromatic rings. The maximum atomic E-state index is 12.8. The number of methoxy groups -OCH3 is 1. The number of hydrogen-bond donors (Lipinski definition) is 2. The normalized spacial score (nSPS) is 17.6. The minimum absolute atomic E-state index is 0.0278. The Morgan fingerprint density at radius 3 is 2.80 bits per heavy atom. The fourth-order valence-electron chi connectivity index (χ4n) is 3.36. The molecular formula is C19H26N4O2. The number of aryl methyl sites for hydroxylation is 1. The zero-order valence-electron chi connectivity index (χ0n) is 14.9. The quantitative estimate of drug-likeness (QED) is 0.811. The largest absolute Gasteiger partial charge is 0.497 e. The smallest absolute Gasteiger partial charge is 0.223 e. The lowest BCUT2D eigenvalue weighted by molar-refractivity contribution is -0.126. The zero-order chi connectivity index (χ0) is 17.6. The molecule has 1 aromatic heterocycles. The Hall–Kier alpha value is -2.37. The van der Waals surface area contributed by atoms with Gasteiger partial charge in [-0.2, -0.15) is 15.4 Å². The van der Waals surface area contributed by atoms with Gasteiger partial charge in [-0.1, -0.05) is 31.9 Å². The Kier molecular flexibility index (Phi) is 5.68. The molecule has 0 bridgehead atoms. The third kappa shape index (κ3) is 4.18. The highest BCUT2D eigenvalue weighted by atomic mass is 16.5. The van der Waals surface area contributed by atoms with E-state index < -0.39 is 0 Å². The number of aromatic nitrogens is 3. The molecule has 0 fully saturated rings. The van der Waals surface area contributed by atoms with Gasteiger partial charge in [0.2, 0.25) is 5.91 Å². The van der Waals surface area contributed by atoms with E-state index in [4.69, 9.17) is 4.74 Å². The van der Waals surface area contributed by atoms with Crippen molar-refractivity contribution in [1.29, 1.82) is 0 Å². The third-order valence-corrected chi connectivity index (χ3v) is 4.92. The van der Waals surface area contributed by atoms with Crippen LogP contribution in [0.1, 0.15) is 55.6 Å². The molecule has 0 saturated carbocycles.